The monoisotopic (exact) mass is 363 g/mol. The van der Waals surface area contributed by atoms with Crippen LogP contribution in [0.2, 0.25) is 0 Å². The van der Waals surface area contributed by atoms with Gasteiger partial charge in [0.05, 0.1) is 11.4 Å². The van der Waals surface area contributed by atoms with Crippen molar-refractivity contribution in [1.29, 1.82) is 0 Å². The zero-order chi connectivity index (χ0) is 14.4. The van der Waals surface area contributed by atoms with E-state index in [1.165, 1.54) is 6.92 Å². The summed E-state index contributed by atoms with van der Waals surface area (Å²) in [5.41, 5.74) is 6.75. The second kappa shape index (κ2) is 8.94. The number of benzene rings is 1. The molecular formula is C13H19BrClN3O2. The SMILES string of the molecule is CC(=O)Nc1ccc(Br)cc1NC(=O)CCC(C)N.Cl. The fraction of sp³-hybridized carbons (Fsp3) is 0.385. The lowest BCUT2D eigenvalue weighted by molar-refractivity contribution is -0.116. The summed E-state index contributed by atoms with van der Waals surface area (Å²) in [4.78, 5) is 22.9. The van der Waals surface area contributed by atoms with E-state index in [2.05, 4.69) is 26.6 Å². The standard InChI is InChI=1S/C13H18BrN3O2.ClH/c1-8(15)3-6-13(19)17-12-7-10(14)4-5-11(12)16-9(2)18;/h4-5,7-8H,3,6,15H2,1-2H3,(H,16,18)(H,17,19);1H. The van der Waals surface area contributed by atoms with Crippen LogP contribution in [0.5, 0.6) is 0 Å². The molecule has 4 N–H and O–H groups in total. The highest BCUT2D eigenvalue weighted by Gasteiger charge is 2.09. The summed E-state index contributed by atoms with van der Waals surface area (Å²) >= 11 is 3.33. The Morgan fingerprint density at radius 2 is 1.95 bits per heavy atom. The van der Waals surface area contributed by atoms with Crippen molar-refractivity contribution in [1.82, 2.24) is 0 Å². The van der Waals surface area contributed by atoms with Crippen LogP contribution in [0.25, 0.3) is 0 Å². The molecule has 0 radical (unpaired) electrons. The Morgan fingerprint density at radius 1 is 1.30 bits per heavy atom. The third-order valence-electron chi connectivity index (χ3n) is 2.39. The summed E-state index contributed by atoms with van der Waals surface area (Å²) in [5.74, 6) is -0.310. The number of amides is 2. The molecule has 20 heavy (non-hydrogen) atoms. The van der Waals surface area contributed by atoms with E-state index in [1.807, 2.05) is 6.92 Å². The van der Waals surface area contributed by atoms with Gasteiger partial charge < -0.3 is 16.4 Å². The van der Waals surface area contributed by atoms with Gasteiger partial charge in [-0.3, -0.25) is 9.59 Å². The number of nitrogens with one attached hydrogen (secondary N) is 2. The van der Waals surface area contributed by atoms with Crippen LogP contribution in [0.1, 0.15) is 26.7 Å². The lowest BCUT2D eigenvalue weighted by atomic mass is 10.2. The lowest BCUT2D eigenvalue weighted by Gasteiger charge is -2.12. The van der Waals surface area contributed by atoms with Crippen molar-refractivity contribution in [3.63, 3.8) is 0 Å². The average Bonchev–Trinajstić information content (AvgIpc) is 2.29. The summed E-state index contributed by atoms with van der Waals surface area (Å²) in [7, 11) is 0. The van der Waals surface area contributed by atoms with Crippen molar-refractivity contribution < 1.29 is 9.59 Å². The maximum Gasteiger partial charge on any atom is 0.224 e. The predicted molar refractivity (Wildman–Crippen MR) is 87.2 cm³/mol. The molecular weight excluding hydrogens is 346 g/mol. The zero-order valence-corrected chi connectivity index (χ0v) is 13.8. The van der Waals surface area contributed by atoms with Crippen molar-refractivity contribution >= 4 is 51.5 Å². The maximum absolute atomic E-state index is 11.8. The molecule has 1 aromatic rings. The molecule has 0 saturated carbocycles. The van der Waals surface area contributed by atoms with Crippen LogP contribution in [0.15, 0.2) is 22.7 Å². The fourth-order valence-electron chi connectivity index (χ4n) is 1.49. The van der Waals surface area contributed by atoms with Crippen LogP contribution in [0.3, 0.4) is 0 Å². The summed E-state index contributed by atoms with van der Waals surface area (Å²) in [6, 6.07) is 5.26. The van der Waals surface area contributed by atoms with E-state index in [0.29, 0.717) is 24.2 Å². The van der Waals surface area contributed by atoms with E-state index in [-0.39, 0.29) is 30.3 Å². The number of anilines is 2. The minimum absolute atomic E-state index is 0. The van der Waals surface area contributed by atoms with Gasteiger partial charge in [-0.15, -0.1) is 12.4 Å². The number of carbonyl (C=O) groups excluding carboxylic acids is 2. The molecule has 1 rings (SSSR count). The van der Waals surface area contributed by atoms with Crippen molar-refractivity contribution in [2.24, 2.45) is 5.73 Å². The quantitative estimate of drug-likeness (QED) is 0.751. The van der Waals surface area contributed by atoms with Crippen LogP contribution >= 0.6 is 28.3 Å². The molecule has 0 saturated heterocycles. The largest absolute Gasteiger partial charge is 0.328 e. The van der Waals surface area contributed by atoms with E-state index in [1.54, 1.807) is 18.2 Å². The normalized spacial score (nSPS) is 11.2. The first kappa shape index (κ1) is 18.9. The van der Waals surface area contributed by atoms with Crippen LogP contribution < -0.4 is 16.4 Å². The van der Waals surface area contributed by atoms with E-state index < -0.39 is 0 Å². The highest BCUT2D eigenvalue weighted by atomic mass is 79.9. The van der Waals surface area contributed by atoms with Crippen molar-refractivity contribution in [3.8, 4) is 0 Å². The van der Waals surface area contributed by atoms with E-state index in [4.69, 9.17) is 5.73 Å². The Bertz CT molecular complexity index is 481. The Kier molecular flexibility index (Phi) is 8.45. The Balaban J connectivity index is 0.00000361. The van der Waals surface area contributed by atoms with Crippen LogP contribution in [-0.2, 0) is 9.59 Å². The maximum atomic E-state index is 11.8. The average molecular weight is 365 g/mol. The van der Waals surface area contributed by atoms with Crippen molar-refractivity contribution in [2.45, 2.75) is 32.7 Å². The van der Waals surface area contributed by atoms with E-state index in [0.717, 1.165) is 4.47 Å². The smallest absolute Gasteiger partial charge is 0.224 e. The van der Waals surface area contributed by atoms with Crippen LogP contribution in [-0.4, -0.2) is 17.9 Å². The first-order valence-electron chi connectivity index (χ1n) is 6.01. The molecule has 0 bridgehead atoms. The number of hydrogen-bond donors (Lipinski definition) is 3. The number of rotatable bonds is 5. The fourth-order valence-corrected chi connectivity index (χ4v) is 1.85. The van der Waals surface area contributed by atoms with Crippen LogP contribution in [0, 0.1) is 0 Å². The highest BCUT2D eigenvalue weighted by Crippen LogP contribution is 2.26. The molecule has 112 valence electrons. The Morgan fingerprint density at radius 3 is 2.50 bits per heavy atom. The summed E-state index contributed by atoms with van der Waals surface area (Å²) in [5, 5.41) is 5.44. The second-order valence-electron chi connectivity index (χ2n) is 4.44. The Labute approximate surface area is 133 Å². The molecule has 0 spiro atoms. The summed E-state index contributed by atoms with van der Waals surface area (Å²) < 4.78 is 0.823. The molecule has 0 aliphatic heterocycles. The Hall–Kier alpha value is -1.11. The van der Waals surface area contributed by atoms with Gasteiger partial charge in [-0.25, -0.2) is 0 Å². The van der Waals surface area contributed by atoms with Gasteiger partial charge in [0.2, 0.25) is 11.8 Å². The number of hydrogen-bond acceptors (Lipinski definition) is 3. The van der Waals surface area contributed by atoms with Gasteiger partial charge in [-0.1, -0.05) is 15.9 Å². The van der Waals surface area contributed by atoms with E-state index in [9.17, 15) is 9.59 Å². The van der Waals surface area contributed by atoms with Gasteiger partial charge in [0.25, 0.3) is 0 Å². The van der Waals surface area contributed by atoms with Gasteiger partial charge in [0, 0.05) is 23.9 Å². The van der Waals surface area contributed by atoms with Gasteiger partial charge in [-0.2, -0.15) is 0 Å². The third kappa shape index (κ3) is 6.88. The molecule has 0 heterocycles. The predicted octanol–water partition coefficient (Wildman–Crippen LogP) is 2.90. The topological polar surface area (TPSA) is 84.2 Å². The first-order valence-corrected chi connectivity index (χ1v) is 6.80. The molecule has 0 aliphatic rings. The van der Waals surface area contributed by atoms with E-state index >= 15 is 0 Å². The van der Waals surface area contributed by atoms with Crippen molar-refractivity contribution in [3.05, 3.63) is 22.7 Å². The van der Waals surface area contributed by atoms with Crippen LogP contribution in [0.4, 0.5) is 11.4 Å². The molecule has 1 atom stereocenters. The molecule has 2 amide bonds. The third-order valence-corrected chi connectivity index (χ3v) is 2.89. The molecule has 5 nitrogen and oxygen atoms in total. The van der Waals surface area contributed by atoms with Gasteiger partial charge in [0.1, 0.15) is 0 Å². The lowest BCUT2D eigenvalue weighted by Crippen LogP contribution is -2.20. The molecule has 1 aromatic carbocycles. The number of halogens is 2. The number of carbonyl (C=O) groups is 2. The van der Waals surface area contributed by atoms with Gasteiger partial charge in [-0.05, 0) is 31.5 Å². The summed E-state index contributed by atoms with van der Waals surface area (Å²) in [6.45, 7) is 3.28. The minimum Gasteiger partial charge on any atom is -0.328 e. The zero-order valence-electron chi connectivity index (χ0n) is 11.4. The summed E-state index contributed by atoms with van der Waals surface area (Å²) in [6.07, 6.45) is 0.971. The first-order chi connectivity index (χ1) is 8.88. The molecule has 0 aliphatic carbocycles. The van der Waals surface area contributed by atoms with Crippen molar-refractivity contribution in [2.75, 3.05) is 10.6 Å². The van der Waals surface area contributed by atoms with Gasteiger partial charge in [0.15, 0.2) is 0 Å². The molecule has 0 fully saturated rings. The second-order valence-corrected chi connectivity index (χ2v) is 5.35. The number of nitrogens with two attached hydrogens (primary N) is 1. The minimum atomic E-state index is -0.187. The highest BCUT2D eigenvalue weighted by molar-refractivity contribution is 9.10. The molecule has 7 heteroatoms. The molecule has 1 unspecified atom stereocenters. The molecule has 0 aromatic heterocycles. The van der Waals surface area contributed by atoms with Gasteiger partial charge >= 0.3 is 0 Å².